The number of rotatable bonds is 1. The van der Waals surface area contributed by atoms with Gasteiger partial charge in [0.25, 0.3) is 0 Å². The Bertz CT molecular complexity index is 668. The van der Waals surface area contributed by atoms with Gasteiger partial charge in [0.05, 0.1) is 11.2 Å². The van der Waals surface area contributed by atoms with E-state index in [1.54, 1.807) is 45.2 Å². The van der Waals surface area contributed by atoms with Gasteiger partial charge in [0.1, 0.15) is 5.60 Å². The molecule has 19 heavy (non-hydrogen) atoms. The van der Waals surface area contributed by atoms with Crippen molar-refractivity contribution in [2.75, 3.05) is 5.32 Å². The van der Waals surface area contributed by atoms with Gasteiger partial charge in [-0.25, -0.2) is 4.79 Å². The van der Waals surface area contributed by atoms with E-state index in [0.29, 0.717) is 16.6 Å². The molecule has 5 heteroatoms. The summed E-state index contributed by atoms with van der Waals surface area (Å²) in [6.07, 6.45) is 0.995. The molecule has 1 heterocycles. The van der Waals surface area contributed by atoms with Gasteiger partial charge < -0.3 is 9.72 Å². The number of pyridine rings is 1. The standard InChI is InChI=1S/C14H16N2O3/c1-14(2,3)19-13(18)16-10-6-4-5-9-11(17)7-8-15-12(9)10/h4-8H,1-3H3,(H,15,17)(H,16,18). The Morgan fingerprint density at radius 1 is 1.26 bits per heavy atom. The predicted molar refractivity (Wildman–Crippen MR) is 74.4 cm³/mol. The van der Waals surface area contributed by atoms with Crippen molar-refractivity contribution in [3.63, 3.8) is 0 Å². The molecule has 1 aromatic carbocycles. The summed E-state index contributed by atoms with van der Waals surface area (Å²) in [6.45, 7) is 5.37. The van der Waals surface area contributed by atoms with Crippen LogP contribution in [0.2, 0.25) is 0 Å². The third kappa shape index (κ3) is 3.13. The lowest BCUT2D eigenvalue weighted by Crippen LogP contribution is -2.27. The van der Waals surface area contributed by atoms with Crippen molar-refractivity contribution in [2.45, 2.75) is 26.4 Å². The zero-order valence-corrected chi connectivity index (χ0v) is 11.1. The molecule has 1 amide bonds. The Morgan fingerprint density at radius 2 is 2.00 bits per heavy atom. The molecule has 0 saturated carbocycles. The molecule has 0 fully saturated rings. The van der Waals surface area contributed by atoms with Crippen LogP contribution in [0.15, 0.2) is 35.3 Å². The van der Waals surface area contributed by atoms with E-state index in [2.05, 4.69) is 10.3 Å². The SMILES string of the molecule is CC(C)(C)OC(=O)Nc1cccc2c(=O)cc[nH]c12. The molecule has 0 bridgehead atoms. The molecule has 2 aromatic rings. The number of benzene rings is 1. The Labute approximate surface area is 110 Å². The monoisotopic (exact) mass is 260 g/mol. The predicted octanol–water partition coefficient (Wildman–Crippen LogP) is 2.88. The molecular weight excluding hydrogens is 244 g/mol. The fourth-order valence-corrected chi connectivity index (χ4v) is 1.72. The fraction of sp³-hybridized carbons (Fsp3) is 0.286. The fourth-order valence-electron chi connectivity index (χ4n) is 1.72. The van der Waals surface area contributed by atoms with Gasteiger partial charge in [-0.1, -0.05) is 6.07 Å². The smallest absolute Gasteiger partial charge is 0.412 e. The van der Waals surface area contributed by atoms with Gasteiger partial charge in [-0.2, -0.15) is 0 Å². The molecule has 0 aliphatic rings. The van der Waals surface area contributed by atoms with Crippen molar-refractivity contribution in [1.82, 2.24) is 4.98 Å². The highest BCUT2D eigenvalue weighted by molar-refractivity contribution is 5.97. The number of para-hydroxylation sites is 1. The number of carbonyl (C=O) groups excluding carboxylic acids is 1. The summed E-state index contributed by atoms with van der Waals surface area (Å²) in [5, 5.41) is 3.16. The van der Waals surface area contributed by atoms with E-state index in [1.807, 2.05) is 0 Å². The maximum Gasteiger partial charge on any atom is 0.412 e. The molecule has 100 valence electrons. The topological polar surface area (TPSA) is 71.2 Å². The minimum absolute atomic E-state index is 0.0958. The summed E-state index contributed by atoms with van der Waals surface area (Å²) in [4.78, 5) is 26.4. The van der Waals surface area contributed by atoms with Crippen LogP contribution in [0.25, 0.3) is 10.9 Å². The molecule has 2 N–H and O–H groups in total. The highest BCUT2D eigenvalue weighted by Gasteiger charge is 2.17. The van der Waals surface area contributed by atoms with Gasteiger partial charge in [-0.15, -0.1) is 0 Å². The highest BCUT2D eigenvalue weighted by Crippen LogP contribution is 2.19. The van der Waals surface area contributed by atoms with Crippen LogP contribution in [0, 0.1) is 0 Å². The third-order valence-corrected chi connectivity index (χ3v) is 2.43. The molecule has 0 aliphatic carbocycles. The van der Waals surface area contributed by atoms with E-state index in [4.69, 9.17) is 4.74 Å². The lowest BCUT2D eigenvalue weighted by molar-refractivity contribution is 0.0636. The van der Waals surface area contributed by atoms with E-state index in [-0.39, 0.29) is 5.43 Å². The van der Waals surface area contributed by atoms with Crippen molar-refractivity contribution in [2.24, 2.45) is 0 Å². The van der Waals surface area contributed by atoms with Crippen LogP contribution < -0.4 is 10.7 Å². The maximum atomic E-state index is 11.7. The van der Waals surface area contributed by atoms with Crippen LogP contribution >= 0.6 is 0 Å². The number of carbonyl (C=O) groups is 1. The van der Waals surface area contributed by atoms with Gasteiger partial charge in [-0.3, -0.25) is 10.1 Å². The number of aromatic amines is 1. The summed E-state index contributed by atoms with van der Waals surface area (Å²) in [5.74, 6) is 0. The van der Waals surface area contributed by atoms with E-state index in [0.717, 1.165) is 0 Å². The lowest BCUT2D eigenvalue weighted by atomic mass is 10.2. The Balaban J connectivity index is 2.34. The number of nitrogens with one attached hydrogen (secondary N) is 2. The molecule has 0 atom stereocenters. The van der Waals surface area contributed by atoms with Crippen molar-refractivity contribution >= 4 is 22.7 Å². The maximum absolute atomic E-state index is 11.7. The zero-order valence-electron chi connectivity index (χ0n) is 11.1. The quantitative estimate of drug-likeness (QED) is 0.828. The molecule has 0 radical (unpaired) electrons. The number of aromatic nitrogens is 1. The first-order valence-corrected chi connectivity index (χ1v) is 5.97. The molecule has 5 nitrogen and oxygen atoms in total. The van der Waals surface area contributed by atoms with Crippen molar-refractivity contribution in [3.8, 4) is 0 Å². The first-order valence-electron chi connectivity index (χ1n) is 5.97. The first-order chi connectivity index (χ1) is 8.87. The second-order valence-corrected chi connectivity index (χ2v) is 5.20. The summed E-state index contributed by atoms with van der Waals surface area (Å²) in [7, 11) is 0. The van der Waals surface area contributed by atoms with Crippen LogP contribution in [-0.2, 0) is 4.74 Å². The van der Waals surface area contributed by atoms with Crippen molar-refractivity contribution < 1.29 is 9.53 Å². The molecule has 0 spiro atoms. The van der Waals surface area contributed by atoms with Crippen molar-refractivity contribution in [3.05, 3.63) is 40.7 Å². The van der Waals surface area contributed by atoms with Gasteiger partial charge >= 0.3 is 6.09 Å². The van der Waals surface area contributed by atoms with E-state index in [9.17, 15) is 9.59 Å². The third-order valence-electron chi connectivity index (χ3n) is 2.43. The lowest BCUT2D eigenvalue weighted by Gasteiger charge is -2.20. The Morgan fingerprint density at radius 3 is 2.68 bits per heavy atom. The van der Waals surface area contributed by atoms with Crippen LogP contribution in [0.3, 0.4) is 0 Å². The Hall–Kier alpha value is -2.30. The Kier molecular flexibility index (Phi) is 3.29. The minimum atomic E-state index is -0.567. The molecule has 0 saturated heterocycles. The number of ether oxygens (including phenoxy) is 1. The number of H-pyrrole nitrogens is 1. The average molecular weight is 260 g/mol. The minimum Gasteiger partial charge on any atom is -0.444 e. The molecule has 1 aromatic heterocycles. The number of hydrogen-bond acceptors (Lipinski definition) is 3. The average Bonchev–Trinajstić information content (AvgIpc) is 2.28. The molecular formula is C14H16N2O3. The largest absolute Gasteiger partial charge is 0.444 e. The number of fused-ring (bicyclic) bond motifs is 1. The van der Waals surface area contributed by atoms with E-state index in [1.165, 1.54) is 6.07 Å². The summed E-state index contributed by atoms with van der Waals surface area (Å²) >= 11 is 0. The van der Waals surface area contributed by atoms with Gasteiger partial charge in [0.2, 0.25) is 0 Å². The zero-order chi connectivity index (χ0) is 14.0. The summed E-state index contributed by atoms with van der Waals surface area (Å²) in [5.41, 5.74) is 0.439. The van der Waals surface area contributed by atoms with Gasteiger partial charge in [0, 0.05) is 17.6 Å². The van der Waals surface area contributed by atoms with Crippen molar-refractivity contribution in [1.29, 1.82) is 0 Å². The second-order valence-electron chi connectivity index (χ2n) is 5.20. The molecule has 0 aliphatic heterocycles. The van der Waals surface area contributed by atoms with Crippen LogP contribution in [0.1, 0.15) is 20.8 Å². The summed E-state index contributed by atoms with van der Waals surface area (Å²) < 4.78 is 5.18. The van der Waals surface area contributed by atoms with Crippen LogP contribution in [-0.4, -0.2) is 16.7 Å². The van der Waals surface area contributed by atoms with E-state index >= 15 is 0 Å². The van der Waals surface area contributed by atoms with Crippen LogP contribution in [0.5, 0.6) is 0 Å². The first kappa shape index (κ1) is 13.1. The highest BCUT2D eigenvalue weighted by atomic mass is 16.6. The van der Waals surface area contributed by atoms with E-state index < -0.39 is 11.7 Å². The number of anilines is 1. The van der Waals surface area contributed by atoms with Crippen LogP contribution in [0.4, 0.5) is 10.5 Å². The second kappa shape index (κ2) is 4.76. The van der Waals surface area contributed by atoms with Gasteiger partial charge in [-0.05, 0) is 32.9 Å². The number of amides is 1. The molecule has 0 unspecified atom stereocenters. The summed E-state index contributed by atoms with van der Waals surface area (Å²) in [6, 6.07) is 6.57. The van der Waals surface area contributed by atoms with Gasteiger partial charge in [0.15, 0.2) is 5.43 Å². The normalized spacial score (nSPS) is 11.3. The molecule has 2 rings (SSSR count). The number of hydrogen-bond donors (Lipinski definition) is 2.